The number of nitrogens with one attached hydrogen (secondary N) is 1. The molecule has 2 rings (SSSR count). The maximum absolute atomic E-state index is 3.40. The highest BCUT2D eigenvalue weighted by Gasteiger charge is 2.22. The molecule has 1 aliphatic rings. The second kappa shape index (κ2) is 7.12. The van der Waals surface area contributed by atoms with E-state index in [1.54, 1.807) is 0 Å². The minimum Gasteiger partial charge on any atom is -0.371 e. The Hall–Kier alpha value is -1.02. The normalized spacial score (nSPS) is 16.9. The lowest BCUT2D eigenvalue weighted by atomic mass is 9.86. The summed E-state index contributed by atoms with van der Waals surface area (Å²) < 4.78 is 0. The summed E-state index contributed by atoms with van der Waals surface area (Å²) in [4.78, 5) is 2.57. The summed E-state index contributed by atoms with van der Waals surface area (Å²) in [6, 6.07) is 6.93. The molecule has 112 valence electrons. The fourth-order valence-corrected chi connectivity index (χ4v) is 3.26. The Balaban J connectivity index is 1.99. The summed E-state index contributed by atoms with van der Waals surface area (Å²) in [6.07, 6.45) is 2.69. The molecule has 1 fully saturated rings. The van der Waals surface area contributed by atoms with Crippen LogP contribution in [0.1, 0.15) is 44.7 Å². The number of piperidine rings is 1. The summed E-state index contributed by atoms with van der Waals surface area (Å²) in [5.74, 6) is 1.75. The van der Waals surface area contributed by atoms with E-state index in [1.807, 2.05) is 0 Å². The average Bonchev–Trinajstić information content (AvgIpc) is 2.45. The summed E-state index contributed by atoms with van der Waals surface area (Å²) in [7, 11) is 0. The molecule has 0 radical (unpaired) electrons. The van der Waals surface area contributed by atoms with Crippen molar-refractivity contribution in [2.45, 2.75) is 47.1 Å². The zero-order valence-corrected chi connectivity index (χ0v) is 13.6. The third kappa shape index (κ3) is 3.76. The van der Waals surface area contributed by atoms with Gasteiger partial charge < -0.3 is 10.2 Å². The van der Waals surface area contributed by atoms with Crippen LogP contribution in [0, 0.1) is 18.8 Å². The SMILES string of the molecule is CCNCc1ccc(N2CCC(C(C)C)CC2)c(C)c1. The van der Waals surface area contributed by atoms with Gasteiger partial charge in [-0.25, -0.2) is 0 Å². The Labute approximate surface area is 124 Å². The third-order valence-corrected chi connectivity index (χ3v) is 4.66. The van der Waals surface area contributed by atoms with Gasteiger partial charge in [0.2, 0.25) is 0 Å². The first kappa shape index (κ1) is 15.4. The van der Waals surface area contributed by atoms with E-state index in [9.17, 15) is 0 Å². The molecule has 0 atom stereocenters. The van der Waals surface area contributed by atoms with Crippen molar-refractivity contribution in [2.24, 2.45) is 11.8 Å². The Morgan fingerprint density at radius 1 is 1.25 bits per heavy atom. The lowest BCUT2D eigenvalue weighted by Gasteiger charge is -2.36. The van der Waals surface area contributed by atoms with Crippen molar-refractivity contribution in [1.82, 2.24) is 5.32 Å². The van der Waals surface area contributed by atoms with Crippen LogP contribution in [0.3, 0.4) is 0 Å². The molecule has 1 saturated heterocycles. The highest BCUT2D eigenvalue weighted by molar-refractivity contribution is 5.54. The van der Waals surface area contributed by atoms with E-state index in [2.05, 4.69) is 56.1 Å². The summed E-state index contributed by atoms with van der Waals surface area (Å²) >= 11 is 0. The lowest BCUT2D eigenvalue weighted by molar-refractivity contribution is 0.311. The number of hydrogen-bond donors (Lipinski definition) is 1. The fourth-order valence-electron chi connectivity index (χ4n) is 3.26. The van der Waals surface area contributed by atoms with Crippen molar-refractivity contribution in [3.05, 3.63) is 29.3 Å². The number of benzene rings is 1. The van der Waals surface area contributed by atoms with Crippen LogP contribution in [0.4, 0.5) is 5.69 Å². The summed E-state index contributed by atoms with van der Waals surface area (Å²) in [5, 5.41) is 3.40. The molecule has 20 heavy (non-hydrogen) atoms. The van der Waals surface area contributed by atoms with Gasteiger partial charge in [-0.1, -0.05) is 32.9 Å². The maximum atomic E-state index is 3.40. The average molecular weight is 274 g/mol. The van der Waals surface area contributed by atoms with Gasteiger partial charge in [0.05, 0.1) is 0 Å². The van der Waals surface area contributed by atoms with Crippen molar-refractivity contribution in [3.8, 4) is 0 Å². The molecule has 2 heteroatoms. The van der Waals surface area contributed by atoms with E-state index in [0.29, 0.717) is 0 Å². The number of rotatable bonds is 5. The molecule has 0 bridgehead atoms. The van der Waals surface area contributed by atoms with E-state index in [0.717, 1.165) is 24.9 Å². The highest BCUT2D eigenvalue weighted by Crippen LogP contribution is 2.29. The van der Waals surface area contributed by atoms with Gasteiger partial charge in [0.15, 0.2) is 0 Å². The fraction of sp³-hybridized carbons (Fsp3) is 0.667. The molecule has 0 aromatic heterocycles. The Morgan fingerprint density at radius 2 is 1.95 bits per heavy atom. The Kier molecular flexibility index (Phi) is 5.47. The molecule has 1 aliphatic heterocycles. The van der Waals surface area contributed by atoms with Crippen LogP contribution in [0.5, 0.6) is 0 Å². The molecule has 2 nitrogen and oxygen atoms in total. The highest BCUT2D eigenvalue weighted by atomic mass is 15.1. The van der Waals surface area contributed by atoms with E-state index in [-0.39, 0.29) is 0 Å². The molecule has 1 aromatic carbocycles. The van der Waals surface area contributed by atoms with Gasteiger partial charge in [-0.2, -0.15) is 0 Å². The monoisotopic (exact) mass is 274 g/mol. The van der Waals surface area contributed by atoms with Gasteiger partial charge >= 0.3 is 0 Å². The van der Waals surface area contributed by atoms with Crippen molar-refractivity contribution in [1.29, 1.82) is 0 Å². The summed E-state index contributed by atoms with van der Waals surface area (Å²) in [6.45, 7) is 13.6. The minimum absolute atomic E-state index is 0.834. The van der Waals surface area contributed by atoms with E-state index < -0.39 is 0 Å². The molecule has 0 saturated carbocycles. The van der Waals surface area contributed by atoms with E-state index >= 15 is 0 Å². The first-order valence-corrected chi connectivity index (χ1v) is 8.17. The first-order valence-electron chi connectivity index (χ1n) is 8.17. The van der Waals surface area contributed by atoms with Crippen LogP contribution in [-0.2, 0) is 6.54 Å². The molecule has 1 N–H and O–H groups in total. The summed E-state index contributed by atoms with van der Waals surface area (Å²) in [5.41, 5.74) is 4.25. The number of aryl methyl sites for hydroxylation is 1. The van der Waals surface area contributed by atoms with Gasteiger partial charge in [-0.3, -0.25) is 0 Å². The van der Waals surface area contributed by atoms with Crippen LogP contribution >= 0.6 is 0 Å². The van der Waals surface area contributed by atoms with E-state index in [4.69, 9.17) is 0 Å². The van der Waals surface area contributed by atoms with Crippen molar-refractivity contribution in [2.75, 3.05) is 24.5 Å². The number of nitrogens with zero attached hydrogens (tertiary/aromatic N) is 1. The van der Waals surface area contributed by atoms with Crippen LogP contribution in [-0.4, -0.2) is 19.6 Å². The number of hydrogen-bond acceptors (Lipinski definition) is 2. The van der Waals surface area contributed by atoms with Gasteiger partial charge in [-0.05, 0) is 55.3 Å². The maximum Gasteiger partial charge on any atom is 0.0396 e. The standard InChI is InChI=1S/C18H30N2/c1-5-19-13-16-6-7-18(15(4)12-16)20-10-8-17(9-11-20)14(2)3/h6-7,12,14,17,19H,5,8-11,13H2,1-4H3. The molecular weight excluding hydrogens is 244 g/mol. The van der Waals surface area contributed by atoms with Crippen molar-refractivity contribution >= 4 is 5.69 Å². The molecule has 0 aliphatic carbocycles. The zero-order valence-electron chi connectivity index (χ0n) is 13.6. The van der Waals surface area contributed by atoms with Crippen LogP contribution in [0.25, 0.3) is 0 Å². The Morgan fingerprint density at radius 3 is 2.50 bits per heavy atom. The largest absolute Gasteiger partial charge is 0.371 e. The van der Waals surface area contributed by atoms with Crippen molar-refractivity contribution in [3.63, 3.8) is 0 Å². The van der Waals surface area contributed by atoms with Gasteiger partial charge in [0.1, 0.15) is 0 Å². The zero-order chi connectivity index (χ0) is 14.5. The van der Waals surface area contributed by atoms with Gasteiger partial charge in [0.25, 0.3) is 0 Å². The molecule has 1 heterocycles. The topological polar surface area (TPSA) is 15.3 Å². The van der Waals surface area contributed by atoms with Crippen LogP contribution < -0.4 is 10.2 Å². The van der Waals surface area contributed by atoms with E-state index in [1.165, 1.54) is 42.7 Å². The predicted molar refractivity (Wildman–Crippen MR) is 88.3 cm³/mol. The lowest BCUT2D eigenvalue weighted by Crippen LogP contribution is -2.35. The molecular formula is C18H30N2. The second-order valence-electron chi connectivity index (χ2n) is 6.47. The Bertz CT molecular complexity index is 417. The second-order valence-corrected chi connectivity index (χ2v) is 6.47. The van der Waals surface area contributed by atoms with Gasteiger partial charge in [-0.15, -0.1) is 0 Å². The van der Waals surface area contributed by atoms with Crippen LogP contribution in [0.2, 0.25) is 0 Å². The first-order chi connectivity index (χ1) is 9.61. The molecule has 0 spiro atoms. The van der Waals surface area contributed by atoms with Gasteiger partial charge in [0, 0.05) is 25.3 Å². The molecule has 0 amide bonds. The molecule has 0 unspecified atom stereocenters. The quantitative estimate of drug-likeness (QED) is 0.874. The predicted octanol–water partition coefficient (Wildman–Crippen LogP) is 3.98. The third-order valence-electron chi connectivity index (χ3n) is 4.66. The smallest absolute Gasteiger partial charge is 0.0396 e. The minimum atomic E-state index is 0.834. The van der Waals surface area contributed by atoms with Crippen LogP contribution in [0.15, 0.2) is 18.2 Å². The molecule has 1 aromatic rings. The number of anilines is 1. The van der Waals surface area contributed by atoms with Crippen molar-refractivity contribution < 1.29 is 0 Å².